The van der Waals surface area contributed by atoms with Crippen LogP contribution in [-0.2, 0) is 9.59 Å². The van der Waals surface area contributed by atoms with Crippen molar-refractivity contribution in [1.82, 2.24) is 0 Å². The Kier molecular flexibility index (Phi) is 5.30. The molecule has 1 heterocycles. The summed E-state index contributed by atoms with van der Waals surface area (Å²) in [6.45, 7) is 4.12. The van der Waals surface area contributed by atoms with Crippen LogP contribution in [0.3, 0.4) is 0 Å². The standard InChI is InChI=1S/C20H21N3O5/c1-12-4-6-17(13(2)8-12)22-11-14(9-19(22)24)20(25)21-16-10-15(28-3)5-7-18(16)23(26)27/h4-8,10,14H,9,11H2,1-3H3,(H,21,25)/t14-/m1/s1. The molecule has 146 valence electrons. The number of carbonyl (C=O) groups is 2. The predicted octanol–water partition coefficient (Wildman–Crippen LogP) is 3.21. The van der Waals surface area contributed by atoms with Crippen molar-refractivity contribution < 1.29 is 19.2 Å². The summed E-state index contributed by atoms with van der Waals surface area (Å²) in [5.41, 5.74) is 2.64. The summed E-state index contributed by atoms with van der Waals surface area (Å²) in [7, 11) is 1.43. The Morgan fingerprint density at radius 3 is 2.64 bits per heavy atom. The highest BCUT2D eigenvalue weighted by Crippen LogP contribution is 2.32. The molecule has 2 aromatic rings. The van der Waals surface area contributed by atoms with Gasteiger partial charge in [-0.3, -0.25) is 19.7 Å². The molecule has 28 heavy (non-hydrogen) atoms. The number of ether oxygens (including phenoxy) is 1. The van der Waals surface area contributed by atoms with E-state index in [0.29, 0.717) is 5.75 Å². The normalized spacial score (nSPS) is 16.2. The van der Waals surface area contributed by atoms with Gasteiger partial charge >= 0.3 is 0 Å². The number of nitrogens with zero attached hydrogens (tertiary/aromatic N) is 2. The highest BCUT2D eigenvalue weighted by molar-refractivity contribution is 6.04. The molecule has 0 unspecified atom stereocenters. The van der Waals surface area contributed by atoms with Crippen molar-refractivity contribution in [2.24, 2.45) is 5.92 Å². The SMILES string of the molecule is COc1ccc([N+](=O)[O-])c(NC(=O)[C@@H]2CC(=O)N(c3ccc(C)cc3C)C2)c1. The lowest BCUT2D eigenvalue weighted by molar-refractivity contribution is -0.383. The lowest BCUT2D eigenvalue weighted by atomic mass is 10.1. The average Bonchev–Trinajstić information content (AvgIpc) is 3.03. The Bertz CT molecular complexity index is 957. The van der Waals surface area contributed by atoms with Crippen LogP contribution < -0.4 is 15.0 Å². The van der Waals surface area contributed by atoms with Crippen LogP contribution >= 0.6 is 0 Å². The topological polar surface area (TPSA) is 102 Å². The number of nitro benzene ring substituents is 1. The zero-order valence-corrected chi connectivity index (χ0v) is 15.9. The number of nitro groups is 1. The third kappa shape index (κ3) is 3.80. The van der Waals surface area contributed by atoms with Crippen LogP contribution in [-0.4, -0.2) is 30.4 Å². The predicted molar refractivity (Wildman–Crippen MR) is 105 cm³/mol. The summed E-state index contributed by atoms with van der Waals surface area (Å²) in [4.78, 5) is 37.4. The van der Waals surface area contributed by atoms with Gasteiger partial charge in [-0.2, -0.15) is 0 Å². The van der Waals surface area contributed by atoms with Gasteiger partial charge in [0.05, 0.1) is 18.0 Å². The Morgan fingerprint density at radius 1 is 1.25 bits per heavy atom. The fraction of sp³-hybridized carbons (Fsp3) is 0.300. The van der Waals surface area contributed by atoms with E-state index in [-0.39, 0.29) is 30.2 Å². The van der Waals surface area contributed by atoms with Crippen molar-refractivity contribution >= 4 is 28.9 Å². The summed E-state index contributed by atoms with van der Waals surface area (Å²) < 4.78 is 5.08. The van der Waals surface area contributed by atoms with Gasteiger partial charge in [0.15, 0.2) is 0 Å². The molecule has 0 saturated carbocycles. The highest BCUT2D eigenvalue weighted by atomic mass is 16.6. The molecule has 1 saturated heterocycles. The molecule has 1 atom stereocenters. The van der Waals surface area contributed by atoms with Gasteiger partial charge in [0, 0.05) is 30.8 Å². The first-order valence-corrected chi connectivity index (χ1v) is 8.81. The summed E-state index contributed by atoms with van der Waals surface area (Å²) >= 11 is 0. The van der Waals surface area contributed by atoms with E-state index in [9.17, 15) is 19.7 Å². The van der Waals surface area contributed by atoms with Gasteiger partial charge in [0.2, 0.25) is 11.8 Å². The van der Waals surface area contributed by atoms with E-state index in [1.165, 1.54) is 25.3 Å². The lowest BCUT2D eigenvalue weighted by Crippen LogP contribution is -2.28. The molecular formula is C20H21N3O5. The fourth-order valence-electron chi connectivity index (χ4n) is 3.36. The first-order valence-electron chi connectivity index (χ1n) is 8.81. The van der Waals surface area contributed by atoms with Crippen molar-refractivity contribution in [3.05, 3.63) is 57.6 Å². The van der Waals surface area contributed by atoms with Gasteiger partial charge in [0.1, 0.15) is 11.4 Å². The molecule has 0 aliphatic carbocycles. The minimum atomic E-state index is -0.598. The van der Waals surface area contributed by atoms with Crippen LogP contribution in [0.1, 0.15) is 17.5 Å². The van der Waals surface area contributed by atoms with Crippen LogP contribution in [0, 0.1) is 29.9 Å². The molecule has 1 N–H and O–H groups in total. The summed E-state index contributed by atoms with van der Waals surface area (Å²) in [5.74, 6) is -0.788. The van der Waals surface area contributed by atoms with E-state index >= 15 is 0 Å². The lowest BCUT2D eigenvalue weighted by Gasteiger charge is -2.19. The Morgan fingerprint density at radius 2 is 2.00 bits per heavy atom. The molecule has 1 aliphatic rings. The maximum absolute atomic E-state index is 12.7. The zero-order chi connectivity index (χ0) is 20.4. The van der Waals surface area contributed by atoms with E-state index in [1.54, 1.807) is 4.90 Å². The van der Waals surface area contributed by atoms with E-state index in [4.69, 9.17) is 4.74 Å². The smallest absolute Gasteiger partial charge is 0.293 e. The molecule has 0 bridgehead atoms. The minimum absolute atomic E-state index is 0.0479. The Hall–Kier alpha value is -3.42. The van der Waals surface area contributed by atoms with Crippen LogP contribution in [0.2, 0.25) is 0 Å². The molecule has 2 amide bonds. The van der Waals surface area contributed by atoms with Crippen LogP contribution in [0.25, 0.3) is 0 Å². The van der Waals surface area contributed by atoms with Gasteiger partial charge in [-0.1, -0.05) is 17.7 Å². The van der Waals surface area contributed by atoms with Gasteiger partial charge in [-0.15, -0.1) is 0 Å². The number of benzene rings is 2. The number of methoxy groups -OCH3 is 1. The number of carbonyl (C=O) groups excluding carboxylic acids is 2. The monoisotopic (exact) mass is 383 g/mol. The van der Waals surface area contributed by atoms with Crippen LogP contribution in [0.5, 0.6) is 5.75 Å². The second-order valence-corrected chi connectivity index (χ2v) is 6.82. The molecule has 8 heteroatoms. The zero-order valence-electron chi connectivity index (χ0n) is 15.9. The van der Waals surface area contributed by atoms with Gasteiger partial charge in [-0.25, -0.2) is 0 Å². The molecule has 1 fully saturated rings. The fourth-order valence-corrected chi connectivity index (χ4v) is 3.36. The van der Waals surface area contributed by atoms with E-state index < -0.39 is 16.7 Å². The maximum atomic E-state index is 12.7. The van der Waals surface area contributed by atoms with E-state index in [1.807, 2.05) is 32.0 Å². The number of hydrogen-bond donors (Lipinski definition) is 1. The summed E-state index contributed by atoms with van der Waals surface area (Å²) in [6, 6.07) is 9.90. The van der Waals surface area contributed by atoms with E-state index in [0.717, 1.165) is 16.8 Å². The third-order valence-corrected chi connectivity index (χ3v) is 4.80. The maximum Gasteiger partial charge on any atom is 0.293 e. The number of nitrogens with one attached hydrogen (secondary N) is 1. The third-order valence-electron chi connectivity index (χ3n) is 4.80. The molecule has 2 aromatic carbocycles. The molecule has 8 nitrogen and oxygen atoms in total. The average molecular weight is 383 g/mol. The summed E-state index contributed by atoms with van der Waals surface area (Å²) in [5, 5.41) is 13.8. The van der Waals surface area contributed by atoms with Crippen LogP contribution in [0.4, 0.5) is 17.1 Å². The second kappa shape index (κ2) is 7.67. The largest absolute Gasteiger partial charge is 0.497 e. The van der Waals surface area contributed by atoms with E-state index in [2.05, 4.69) is 5.32 Å². The molecule has 0 aromatic heterocycles. The van der Waals surface area contributed by atoms with Crippen molar-refractivity contribution in [3.63, 3.8) is 0 Å². The molecule has 0 spiro atoms. The molecule has 1 aliphatic heterocycles. The highest BCUT2D eigenvalue weighted by Gasteiger charge is 2.36. The van der Waals surface area contributed by atoms with Gasteiger partial charge in [-0.05, 0) is 31.5 Å². The number of aryl methyl sites for hydroxylation is 2. The van der Waals surface area contributed by atoms with Crippen molar-refractivity contribution in [1.29, 1.82) is 0 Å². The van der Waals surface area contributed by atoms with Crippen molar-refractivity contribution in [2.75, 3.05) is 23.9 Å². The number of hydrogen-bond acceptors (Lipinski definition) is 5. The first-order chi connectivity index (χ1) is 13.3. The second-order valence-electron chi connectivity index (χ2n) is 6.82. The Labute approximate surface area is 162 Å². The number of anilines is 2. The van der Waals surface area contributed by atoms with Crippen molar-refractivity contribution in [3.8, 4) is 5.75 Å². The quantitative estimate of drug-likeness (QED) is 0.631. The summed E-state index contributed by atoms with van der Waals surface area (Å²) in [6.07, 6.45) is 0.0525. The molecular weight excluding hydrogens is 362 g/mol. The minimum Gasteiger partial charge on any atom is -0.497 e. The van der Waals surface area contributed by atoms with Gasteiger partial charge < -0.3 is 15.0 Å². The Balaban J connectivity index is 1.79. The molecule has 0 radical (unpaired) electrons. The first kappa shape index (κ1) is 19.3. The van der Waals surface area contributed by atoms with Crippen molar-refractivity contribution in [2.45, 2.75) is 20.3 Å². The van der Waals surface area contributed by atoms with Crippen LogP contribution in [0.15, 0.2) is 36.4 Å². The number of rotatable bonds is 5. The van der Waals surface area contributed by atoms with Gasteiger partial charge in [0.25, 0.3) is 5.69 Å². The molecule has 3 rings (SSSR count). The number of amides is 2.